The number of ether oxygens (including phenoxy) is 1. The number of hydrogen-bond donors (Lipinski definition) is 2. The molecule has 0 radical (unpaired) electrons. The molecule has 0 fully saturated rings. The van der Waals surface area contributed by atoms with Crippen molar-refractivity contribution < 1.29 is 18.7 Å². The van der Waals surface area contributed by atoms with Crippen LogP contribution in [0.4, 0.5) is 5.69 Å². The van der Waals surface area contributed by atoms with Crippen LogP contribution in [-0.4, -0.2) is 28.1 Å². The van der Waals surface area contributed by atoms with Crippen LogP contribution in [0.15, 0.2) is 71.3 Å². The van der Waals surface area contributed by atoms with E-state index in [2.05, 4.69) is 20.8 Å². The first kappa shape index (κ1) is 23.5. The molecule has 0 unspecified atom stereocenters. The zero-order chi connectivity index (χ0) is 23.9. The van der Waals surface area contributed by atoms with E-state index in [4.69, 9.17) is 20.8 Å². The van der Waals surface area contributed by atoms with Crippen LogP contribution in [0.1, 0.15) is 37.9 Å². The molecule has 1 atom stereocenters. The van der Waals surface area contributed by atoms with E-state index in [-0.39, 0.29) is 23.6 Å². The molecule has 0 saturated carbocycles. The Labute approximate surface area is 204 Å². The molecule has 0 spiro atoms. The van der Waals surface area contributed by atoms with Gasteiger partial charge >= 0.3 is 0 Å². The van der Waals surface area contributed by atoms with Gasteiger partial charge in [0.15, 0.2) is 5.01 Å². The topological polar surface area (TPSA) is 106 Å². The van der Waals surface area contributed by atoms with E-state index < -0.39 is 5.91 Å². The van der Waals surface area contributed by atoms with Crippen molar-refractivity contribution in [2.24, 2.45) is 0 Å². The van der Waals surface area contributed by atoms with Gasteiger partial charge in [-0.05, 0) is 61.5 Å². The SMILES string of the molecule is C[C@H](Cc1ccco1)NC(=O)c1cccc(NC(=O)c2nnc(COc3ccc(Cl)cc3)s2)c1. The number of amides is 2. The van der Waals surface area contributed by atoms with Gasteiger partial charge in [0, 0.05) is 28.7 Å². The van der Waals surface area contributed by atoms with Crippen LogP contribution in [0.2, 0.25) is 5.02 Å². The zero-order valence-electron chi connectivity index (χ0n) is 18.2. The van der Waals surface area contributed by atoms with E-state index >= 15 is 0 Å². The molecule has 10 heteroatoms. The van der Waals surface area contributed by atoms with Gasteiger partial charge in [0.25, 0.3) is 11.8 Å². The normalized spacial score (nSPS) is 11.6. The van der Waals surface area contributed by atoms with Gasteiger partial charge in [-0.15, -0.1) is 10.2 Å². The second-order valence-corrected chi connectivity index (χ2v) is 8.93. The number of furan rings is 1. The molecule has 0 aliphatic carbocycles. The maximum Gasteiger partial charge on any atom is 0.286 e. The number of benzene rings is 2. The molecule has 174 valence electrons. The lowest BCUT2D eigenvalue weighted by molar-refractivity contribution is 0.0938. The Morgan fingerprint density at radius 1 is 1.09 bits per heavy atom. The Kier molecular flexibility index (Phi) is 7.56. The Bertz CT molecular complexity index is 1260. The molecule has 2 aromatic carbocycles. The number of nitrogens with zero attached hydrogens (tertiary/aromatic N) is 2. The van der Waals surface area contributed by atoms with Crippen molar-refractivity contribution in [3.8, 4) is 5.75 Å². The number of carbonyl (C=O) groups excluding carboxylic acids is 2. The minimum Gasteiger partial charge on any atom is -0.486 e. The number of halogens is 1. The summed E-state index contributed by atoms with van der Waals surface area (Å²) >= 11 is 6.99. The van der Waals surface area contributed by atoms with Crippen LogP contribution >= 0.6 is 22.9 Å². The molecule has 0 aliphatic rings. The first-order chi connectivity index (χ1) is 16.5. The number of carbonyl (C=O) groups is 2. The second-order valence-electron chi connectivity index (χ2n) is 7.44. The van der Waals surface area contributed by atoms with Gasteiger partial charge in [-0.2, -0.15) is 0 Å². The van der Waals surface area contributed by atoms with Crippen molar-refractivity contribution in [2.45, 2.75) is 26.0 Å². The lowest BCUT2D eigenvalue weighted by atomic mass is 10.1. The first-order valence-electron chi connectivity index (χ1n) is 10.4. The van der Waals surface area contributed by atoms with E-state index in [1.807, 2.05) is 19.1 Å². The molecule has 2 aromatic heterocycles. The fourth-order valence-corrected chi connectivity index (χ4v) is 3.87. The molecule has 34 heavy (non-hydrogen) atoms. The van der Waals surface area contributed by atoms with E-state index in [0.717, 1.165) is 17.1 Å². The van der Waals surface area contributed by atoms with E-state index in [1.165, 1.54) is 0 Å². The summed E-state index contributed by atoms with van der Waals surface area (Å²) in [5.74, 6) is 0.773. The molecule has 4 aromatic rings. The van der Waals surface area contributed by atoms with Gasteiger partial charge in [0.1, 0.15) is 18.1 Å². The van der Waals surface area contributed by atoms with Gasteiger partial charge in [-0.3, -0.25) is 9.59 Å². The molecular weight excluding hydrogens is 476 g/mol. The van der Waals surface area contributed by atoms with Crippen LogP contribution in [0, 0.1) is 0 Å². The standard InChI is InChI=1S/C24H21ClN4O4S/c1-15(12-20-6-3-11-32-20)26-22(30)16-4-2-5-18(13-16)27-23(31)24-29-28-21(34-24)14-33-19-9-7-17(25)8-10-19/h2-11,13,15H,12,14H2,1H3,(H,26,30)(H,27,31)/t15-/m1/s1. The maximum absolute atomic E-state index is 12.6. The Balaban J connectivity index is 1.32. The minimum atomic E-state index is -0.418. The van der Waals surface area contributed by atoms with E-state index in [9.17, 15) is 9.59 Å². The number of rotatable bonds is 9. The Morgan fingerprint density at radius 2 is 1.91 bits per heavy atom. The largest absolute Gasteiger partial charge is 0.486 e. The summed E-state index contributed by atoms with van der Waals surface area (Å²) in [6.45, 7) is 2.08. The average Bonchev–Trinajstić information content (AvgIpc) is 3.51. The Hall–Kier alpha value is -3.69. The van der Waals surface area contributed by atoms with Crippen molar-refractivity contribution in [3.63, 3.8) is 0 Å². The first-order valence-corrected chi connectivity index (χ1v) is 11.6. The number of nitrogens with one attached hydrogen (secondary N) is 2. The van der Waals surface area contributed by atoms with Crippen molar-refractivity contribution in [3.05, 3.63) is 93.3 Å². The summed E-state index contributed by atoms with van der Waals surface area (Å²) in [5, 5.41) is 15.0. The van der Waals surface area contributed by atoms with E-state index in [1.54, 1.807) is 54.8 Å². The van der Waals surface area contributed by atoms with Crippen LogP contribution in [0.5, 0.6) is 5.75 Å². The smallest absolute Gasteiger partial charge is 0.286 e. The molecule has 0 saturated heterocycles. The summed E-state index contributed by atoms with van der Waals surface area (Å²) in [4.78, 5) is 25.2. The molecule has 2 N–H and O–H groups in total. The lowest BCUT2D eigenvalue weighted by Crippen LogP contribution is -2.34. The van der Waals surface area contributed by atoms with Gasteiger partial charge in [0.2, 0.25) is 5.01 Å². The van der Waals surface area contributed by atoms with E-state index in [0.29, 0.717) is 33.5 Å². The van der Waals surface area contributed by atoms with Gasteiger partial charge in [0.05, 0.1) is 6.26 Å². The fourth-order valence-electron chi connectivity index (χ4n) is 3.09. The highest BCUT2D eigenvalue weighted by molar-refractivity contribution is 7.13. The Morgan fingerprint density at radius 3 is 2.68 bits per heavy atom. The van der Waals surface area contributed by atoms with Crippen LogP contribution < -0.4 is 15.4 Å². The quantitative estimate of drug-likeness (QED) is 0.338. The minimum absolute atomic E-state index is 0.119. The molecule has 0 aliphatic heterocycles. The monoisotopic (exact) mass is 496 g/mol. The summed E-state index contributed by atoms with van der Waals surface area (Å²) in [7, 11) is 0. The maximum atomic E-state index is 12.6. The van der Waals surface area contributed by atoms with Crippen molar-refractivity contribution in [1.82, 2.24) is 15.5 Å². The molecule has 8 nitrogen and oxygen atoms in total. The molecular formula is C24H21ClN4O4S. The number of aromatic nitrogens is 2. The third-order valence-electron chi connectivity index (χ3n) is 4.68. The third kappa shape index (κ3) is 6.43. The molecule has 0 bridgehead atoms. The number of hydrogen-bond acceptors (Lipinski definition) is 7. The average molecular weight is 497 g/mol. The highest BCUT2D eigenvalue weighted by Gasteiger charge is 2.16. The summed E-state index contributed by atoms with van der Waals surface area (Å²) in [6, 6.07) is 17.2. The van der Waals surface area contributed by atoms with Crippen LogP contribution in [0.25, 0.3) is 0 Å². The predicted octanol–water partition coefficient (Wildman–Crippen LogP) is 4.98. The summed E-state index contributed by atoms with van der Waals surface area (Å²) < 4.78 is 11.0. The highest BCUT2D eigenvalue weighted by Crippen LogP contribution is 2.19. The predicted molar refractivity (Wildman–Crippen MR) is 129 cm³/mol. The third-order valence-corrected chi connectivity index (χ3v) is 5.83. The molecule has 2 heterocycles. The van der Waals surface area contributed by atoms with Gasteiger partial charge < -0.3 is 19.8 Å². The number of anilines is 1. The summed E-state index contributed by atoms with van der Waals surface area (Å²) in [5.41, 5.74) is 0.906. The van der Waals surface area contributed by atoms with Crippen molar-refractivity contribution in [2.75, 3.05) is 5.32 Å². The molecule has 2 amide bonds. The van der Waals surface area contributed by atoms with Gasteiger partial charge in [-0.1, -0.05) is 29.0 Å². The summed E-state index contributed by atoms with van der Waals surface area (Å²) in [6.07, 6.45) is 2.18. The van der Waals surface area contributed by atoms with Crippen molar-refractivity contribution >= 4 is 40.4 Å². The van der Waals surface area contributed by atoms with Crippen molar-refractivity contribution in [1.29, 1.82) is 0 Å². The highest BCUT2D eigenvalue weighted by atomic mass is 35.5. The zero-order valence-corrected chi connectivity index (χ0v) is 19.7. The van der Waals surface area contributed by atoms with Crippen LogP contribution in [-0.2, 0) is 13.0 Å². The second kappa shape index (κ2) is 11.0. The van der Waals surface area contributed by atoms with Gasteiger partial charge in [-0.25, -0.2) is 0 Å². The fraction of sp³-hybridized carbons (Fsp3) is 0.167. The van der Waals surface area contributed by atoms with Crippen LogP contribution in [0.3, 0.4) is 0 Å². The molecule has 4 rings (SSSR count). The lowest BCUT2D eigenvalue weighted by Gasteiger charge is -2.13.